The average Bonchev–Trinajstić information content (AvgIpc) is 2.56. The normalized spacial score (nSPS) is 11.8. The number of aromatic nitrogens is 1. The van der Waals surface area contributed by atoms with Gasteiger partial charge in [0.2, 0.25) is 0 Å². The highest BCUT2D eigenvalue weighted by atomic mass is 16.5. The van der Waals surface area contributed by atoms with Crippen LogP contribution in [0, 0.1) is 0 Å². The third-order valence-corrected chi connectivity index (χ3v) is 3.37. The number of nitrogens with one attached hydrogen (secondary N) is 1. The fourth-order valence-corrected chi connectivity index (χ4v) is 2.08. The zero-order chi connectivity index (χ0) is 15.9. The van der Waals surface area contributed by atoms with Crippen LogP contribution in [-0.4, -0.2) is 38.6 Å². The Labute approximate surface area is 130 Å². The van der Waals surface area contributed by atoms with E-state index >= 15 is 0 Å². The van der Waals surface area contributed by atoms with Gasteiger partial charge in [0.1, 0.15) is 5.82 Å². The van der Waals surface area contributed by atoms with Gasteiger partial charge in [-0.25, -0.2) is 4.98 Å². The molecule has 22 heavy (non-hydrogen) atoms. The van der Waals surface area contributed by atoms with Gasteiger partial charge in [0.25, 0.3) is 5.91 Å². The molecule has 0 radical (unpaired) electrons. The fourth-order valence-electron chi connectivity index (χ4n) is 2.08. The van der Waals surface area contributed by atoms with Crippen molar-refractivity contribution in [2.45, 2.75) is 6.10 Å². The number of hydrogen-bond donors (Lipinski definition) is 1. The van der Waals surface area contributed by atoms with E-state index in [2.05, 4.69) is 10.3 Å². The summed E-state index contributed by atoms with van der Waals surface area (Å²) in [5.41, 5.74) is 1.57. The first-order valence-electron chi connectivity index (χ1n) is 7.11. The van der Waals surface area contributed by atoms with Gasteiger partial charge in [0, 0.05) is 33.9 Å². The maximum atomic E-state index is 12.2. The van der Waals surface area contributed by atoms with Crippen molar-refractivity contribution in [2.75, 3.05) is 32.6 Å². The molecule has 1 atom stereocenters. The molecule has 0 fully saturated rings. The van der Waals surface area contributed by atoms with Crippen molar-refractivity contribution in [1.82, 2.24) is 10.3 Å². The quantitative estimate of drug-likeness (QED) is 0.889. The molecule has 0 saturated heterocycles. The van der Waals surface area contributed by atoms with Crippen LogP contribution in [0.15, 0.2) is 48.7 Å². The first-order valence-corrected chi connectivity index (χ1v) is 7.11. The Morgan fingerprint density at radius 1 is 1.23 bits per heavy atom. The second kappa shape index (κ2) is 7.56. The summed E-state index contributed by atoms with van der Waals surface area (Å²) >= 11 is 0. The van der Waals surface area contributed by atoms with Gasteiger partial charge < -0.3 is 15.0 Å². The zero-order valence-corrected chi connectivity index (χ0v) is 13.1. The summed E-state index contributed by atoms with van der Waals surface area (Å²) in [4.78, 5) is 18.3. The van der Waals surface area contributed by atoms with Gasteiger partial charge in [-0.05, 0) is 17.7 Å². The Morgan fingerprint density at radius 2 is 1.95 bits per heavy atom. The van der Waals surface area contributed by atoms with Crippen LogP contribution < -0.4 is 10.2 Å². The first kappa shape index (κ1) is 16.0. The smallest absolute Gasteiger partial charge is 0.252 e. The molecule has 0 aliphatic carbocycles. The highest BCUT2D eigenvalue weighted by molar-refractivity contribution is 5.94. The number of pyridine rings is 1. The molecule has 0 saturated carbocycles. The summed E-state index contributed by atoms with van der Waals surface area (Å²) in [6.07, 6.45) is 1.41. The van der Waals surface area contributed by atoms with E-state index in [4.69, 9.17) is 4.74 Å². The molecule has 1 N–H and O–H groups in total. The molecule has 1 aromatic heterocycles. The number of ether oxygens (including phenoxy) is 1. The van der Waals surface area contributed by atoms with Crippen molar-refractivity contribution < 1.29 is 9.53 Å². The molecule has 5 heteroatoms. The van der Waals surface area contributed by atoms with Crippen molar-refractivity contribution in [3.05, 3.63) is 59.8 Å². The maximum Gasteiger partial charge on any atom is 0.252 e. The summed E-state index contributed by atoms with van der Waals surface area (Å²) < 4.78 is 5.44. The molecule has 1 amide bonds. The van der Waals surface area contributed by atoms with Crippen molar-refractivity contribution in [2.24, 2.45) is 0 Å². The van der Waals surface area contributed by atoms with Crippen molar-refractivity contribution in [1.29, 1.82) is 0 Å². The van der Waals surface area contributed by atoms with Crippen LogP contribution in [0.1, 0.15) is 22.0 Å². The lowest BCUT2D eigenvalue weighted by molar-refractivity contribution is 0.0827. The third kappa shape index (κ3) is 4.05. The highest BCUT2D eigenvalue weighted by Gasteiger charge is 2.13. The van der Waals surface area contributed by atoms with Gasteiger partial charge in [-0.3, -0.25) is 4.79 Å². The molecule has 0 aliphatic heterocycles. The number of carbonyl (C=O) groups is 1. The second-order valence-electron chi connectivity index (χ2n) is 5.14. The van der Waals surface area contributed by atoms with Crippen molar-refractivity contribution in [3.8, 4) is 0 Å². The molecule has 116 valence electrons. The van der Waals surface area contributed by atoms with Crippen molar-refractivity contribution in [3.63, 3.8) is 0 Å². The van der Waals surface area contributed by atoms with E-state index in [0.29, 0.717) is 12.1 Å². The van der Waals surface area contributed by atoms with Gasteiger partial charge in [0.05, 0.1) is 11.7 Å². The number of carbonyl (C=O) groups excluding carboxylic acids is 1. The largest absolute Gasteiger partial charge is 0.375 e. The van der Waals surface area contributed by atoms with Gasteiger partial charge in [-0.15, -0.1) is 0 Å². The first-order chi connectivity index (χ1) is 10.6. The van der Waals surface area contributed by atoms with E-state index < -0.39 is 0 Å². The topological polar surface area (TPSA) is 54.5 Å². The molecule has 2 rings (SSSR count). The summed E-state index contributed by atoms with van der Waals surface area (Å²) in [6, 6.07) is 13.4. The fraction of sp³-hybridized carbons (Fsp3) is 0.294. The van der Waals surface area contributed by atoms with Crippen LogP contribution in [0.25, 0.3) is 0 Å². The predicted octanol–water partition coefficient (Wildman–Crippen LogP) is 2.27. The number of amides is 1. The average molecular weight is 299 g/mol. The van der Waals surface area contributed by atoms with Crippen LogP contribution in [0.2, 0.25) is 0 Å². The summed E-state index contributed by atoms with van der Waals surface area (Å²) in [5.74, 6) is 0.659. The number of nitrogens with zero attached hydrogens (tertiary/aromatic N) is 2. The minimum atomic E-state index is -0.167. The molecule has 5 nitrogen and oxygen atoms in total. The molecular formula is C17H21N3O2. The van der Waals surface area contributed by atoms with Gasteiger partial charge >= 0.3 is 0 Å². The monoisotopic (exact) mass is 299 g/mol. The molecule has 1 heterocycles. The summed E-state index contributed by atoms with van der Waals surface area (Å²) in [5, 5.41) is 2.88. The summed E-state index contributed by atoms with van der Waals surface area (Å²) in [7, 11) is 5.45. The molecule has 0 aliphatic rings. The Hall–Kier alpha value is -2.40. The van der Waals surface area contributed by atoms with Crippen LogP contribution in [0.5, 0.6) is 0 Å². The summed E-state index contributed by atoms with van der Waals surface area (Å²) in [6.45, 7) is 0.411. The number of rotatable bonds is 6. The predicted molar refractivity (Wildman–Crippen MR) is 87.1 cm³/mol. The molecule has 0 spiro atoms. The minimum absolute atomic E-state index is 0.157. The molecule has 0 unspecified atom stereocenters. The van der Waals surface area contributed by atoms with Crippen LogP contribution in [-0.2, 0) is 4.74 Å². The molecule has 1 aromatic carbocycles. The van der Waals surface area contributed by atoms with E-state index in [1.165, 1.54) is 0 Å². The highest BCUT2D eigenvalue weighted by Crippen LogP contribution is 2.15. The Bertz CT molecular complexity index is 597. The van der Waals surface area contributed by atoms with Gasteiger partial charge in [0.15, 0.2) is 0 Å². The van der Waals surface area contributed by atoms with Crippen molar-refractivity contribution >= 4 is 11.7 Å². The number of benzene rings is 1. The Balaban J connectivity index is 1.96. The van der Waals surface area contributed by atoms with E-state index in [-0.39, 0.29) is 12.0 Å². The number of methoxy groups -OCH3 is 1. The molecule has 0 bridgehead atoms. The van der Waals surface area contributed by atoms with Crippen LogP contribution >= 0.6 is 0 Å². The maximum absolute atomic E-state index is 12.2. The Kier molecular flexibility index (Phi) is 5.49. The molecule has 2 aromatic rings. The minimum Gasteiger partial charge on any atom is -0.375 e. The van der Waals surface area contributed by atoms with Gasteiger partial charge in [-0.2, -0.15) is 0 Å². The van der Waals surface area contributed by atoms with Gasteiger partial charge in [-0.1, -0.05) is 30.3 Å². The molecular weight excluding hydrogens is 278 g/mol. The SMILES string of the molecule is CO[C@@H](CNC(=O)c1ccc(N(C)C)nc1)c1ccccc1. The lowest BCUT2D eigenvalue weighted by atomic mass is 10.1. The standard InChI is InChI=1S/C17H21N3O2/c1-20(2)16-10-9-14(11-18-16)17(21)19-12-15(22-3)13-7-5-4-6-8-13/h4-11,15H,12H2,1-3H3,(H,19,21)/t15-/m0/s1. The van der Waals surface area contributed by atoms with E-state index in [1.54, 1.807) is 19.4 Å². The number of anilines is 1. The van der Waals surface area contributed by atoms with Crippen LogP contribution in [0.3, 0.4) is 0 Å². The lowest BCUT2D eigenvalue weighted by Gasteiger charge is -2.16. The van der Waals surface area contributed by atoms with E-state index in [0.717, 1.165) is 11.4 Å². The zero-order valence-electron chi connectivity index (χ0n) is 13.1. The Morgan fingerprint density at radius 3 is 2.50 bits per heavy atom. The van der Waals surface area contributed by atoms with E-state index in [1.807, 2.05) is 55.4 Å². The van der Waals surface area contributed by atoms with Crippen LogP contribution in [0.4, 0.5) is 5.82 Å². The van der Waals surface area contributed by atoms with E-state index in [9.17, 15) is 4.79 Å². The third-order valence-electron chi connectivity index (χ3n) is 3.37. The lowest BCUT2D eigenvalue weighted by Crippen LogP contribution is -2.29. The number of hydrogen-bond acceptors (Lipinski definition) is 4. The second-order valence-corrected chi connectivity index (χ2v) is 5.14.